The summed E-state index contributed by atoms with van der Waals surface area (Å²) in [5.74, 6) is -10.6. The highest BCUT2D eigenvalue weighted by Gasteiger charge is 2.26. The molecule has 0 N–H and O–H groups in total. The van der Waals surface area contributed by atoms with E-state index in [2.05, 4.69) is 0 Å². The largest absolute Gasteiger partial charge is 0.318 e. The molecule has 0 atom stereocenters. The number of rotatable bonds is 2. The molecule has 0 aliphatic carbocycles. The van der Waals surface area contributed by atoms with Crippen molar-refractivity contribution >= 4 is 5.78 Å². The van der Waals surface area contributed by atoms with Crippen molar-refractivity contribution in [3.8, 4) is 5.69 Å². The van der Waals surface area contributed by atoms with E-state index < -0.39 is 40.6 Å². The molecule has 0 saturated heterocycles. The highest BCUT2D eigenvalue weighted by Crippen LogP contribution is 2.26. The summed E-state index contributed by atoms with van der Waals surface area (Å²) in [6, 6.07) is 1.21. The number of ketones is 1. The van der Waals surface area contributed by atoms with E-state index in [1.807, 2.05) is 0 Å². The molecule has 2 aromatic rings. The molecule has 0 bridgehead atoms. The van der Waals surface area contributed by atoms with Crippen molar-refractivity contribution in [3.63, 3.8) is 0 Å². The molecule has 2 nitrogen and oxygen atoms in total. The molecule has 7 heteroatoms. The summed E-state index contributed by atoms with van der Waals surface area (Å²) in [5.41, 5.74) is -1.03. The lowest BCUT2D eigenvalue weighted by Crippen LogP contribution is -2.08. The van der Waals surface area contributed by atoms with Crippen molar-refractivity contribution in [1.82, 2.24) is 4.57 Å². The number of Topliss-reactive ketones (excluding diaryl/α,β-unsaturated/α-hetero) is 1. The van der Waals surface area contributed by atoms with Crippen LogP contribution in [0.4, 0.5) is 22.0 Å². The smallest absolute Gasteiger partial charge is 0.200 e. The second-order valence-corrected chi connectivity index (χ2v) is 3.78. The third-order valence-electron chi connectivity index (χ3n) is 2.54. The van der Waals surface area contributed by atoms with Crippen LogP contribution >= 0.6 is 0 Å². The maximum Gasteiger partial charge on any atom is 0.200 e. The second kappa shape index (κ2) is 4.49. The van der Waals surface area contributed by atoms with Gasteiger partial charge in [0.15, 0.2) is 29.1 Å². The van der Waals surface area contributed by atoms with E-state index >= 15 is 0 Å². The standard InChI is InChI=1S/C12H6F5NO/c1-5(19)6-2-3-18(4-6)12-10(16)8(14)7(13)9(15)11(12)17/h2-4H,1H3. The molecule has 1 heterocycles. The maximum absolute atomic E-state index is 13.5. The van der Waals surface area contributed by atoms with Crippen molar-refractivity contribution < 1.29 is 26.7 Å². The molecule has 0 aliphatic heterocycles. The topological polar surface area (TPSA) is 22.0 Å². The van der Waals surface area contributed by atoms with Gasteiger partial charge in [-0.05, 0) is 13.0 Å². The predicted octanol–water partition coefficient (Wildman–Crippen LogP) is 3.38. The molecule has 19 heavy (non-hydrogen) atoms. The van der Waals surface area contributed by atoms with E-state index in [-0.39, 0.29) is 5.56 Å². The van der Waals surface area contributed by atoms with E-state index in [0.29, 0.717) is 4.57 Å². The maximum atomic E-state index is 13.5. The van der Waals surface area contributed by atoms with Crippen molar-refractivity contribution in [1.29, 1.82) is 0 Å². The summed E-state index contributed by atoms with van der Waals surface area (Å²) in [4.78, 5) is 11.0. The number of benzene rings is 1. The number of carbonyl (C=O) groups excluding carboxylic acids is 1. The van der Waals surface area contributed by atoms with Gasteiger partial charge in [0.2, 0.25) is 5.82 Å². The fourth-order valence-corrected chi connectivity index (χ4v) is 1.56. The molecule has 1 aromatic carbocycles. The highest BCUT2D eigenvalue weighted by atomic mass is 19.2. The van der Waals surface area contributed by atoms with Crippen LogP contribution in [0.2, 0.25) is 0 Å². The van der Waals surface area contributed by atoms with Gasteiger partial charge in [-0.25, -0.2) is 22.0 Å². The van der Waals surface area contributed by atoms with Gasteiger partial charge in [0, 0.05) is 18.0 Å². The van der Waals surface area contributed by atoms with E-state index in [1.165, 1.54) is 13.0 Å². The van der Waals surface area contributed by atoms with Crippen LogP contribution in [-0.4, -0.2) is 10.4 Å². The van der Waals surface area contributed by atoms with Gasteiger partial charge < -0.3 is 4.57 Å². The predicted molar refractivity (Wildman–Crippen MR) is 55.6 cm³/mol. The van der Waals surface area contributed by atoms with Crippen LogP contribution in [0.5, 0.6) is 0 Å². The van der Waals surface area contributed by atoms with E-state index in [9.17, 15) is 26.7 Å². The molecule has 0 radical (unpaired) electrons. The summed E-state index contributed by atoms with van der Waals surface area (Å²) in [6.07, 6.45) is 2.02. The summed E-state index contributed by atoms with van der Waals surface area (Å²) < 4.78 is 66.5. The Morgan fingerprint density at radius 3 is 1.84 bits per heavy atom. The fourth-order valence-electron chi connectivity index (χ4n) is 1.56. The zero-order chi connectivity index (χ0) is 14.3. The Balaban J connectivity index is 2.71. The quantitative estimate of drug-likeness (QED) is 0.356. The Morgan fingerprint density at radius 2 is 1.42 bits per heavy atom. The first-order chi connectivity index (χ1) is 8.84. The van der Waals surface area contributed by atoms with E-state index in [4.69, 9.17) is 0 Å². The zero-order valence-electron chi connectivity index (χ0n) is 9.48. The molecule has 2 rings (SSSR count). The van der Waals surface area contributed by atoms with Crippen molar-refractivity contribution in [3.05, 3.63) is 53.1 Å². The Labute approximate surface area is 104 Å². The monoisotopic (exact) mass is 275 g/mol. The zero-order valence-corrected chi connectivity index (χ0v) is 9.48. The van der Waals surface area contributed by atoms with Gasteiger partial charge >= 0.3 is 0 Å². The lowest BCUT2D eigenvalue weighted by atomic mass is 10.2. The first kappa shape index (κ1) is 13.3. The van der Waals surface area contributed by atoms with Gasteiger partial charge in [-0.15, -0.1) is 0 Å². The Hall–Kier alpha value is -2.18. The van der Waals surface area contributed by atoms with Gasteiger partial charge in [-0.1, -0.05) is 0 Å². The summed E-state index contributed by atoms with van der Waals surface area (Å²) in [6.45, 7) is 1.21. The van der Waals surface area contributed by atoms with Gasteiger partial charge in [-0.2, -0.15) is 0 Å². The Kier molecular flexibility index (Phi) is 3.13. The van der Waals surface area contributed by atoms with E-state index in [0.717, 1.165) is 12.4 Å². The average molecular weight is 275 g/mol. The van der Waals surface area contributed by atoms with Crippen molar-refractivity contribution in [2.75, 3.05) is 0 Å². The van der Waals surface area contributed by atoms with E-state index in [1.54, 1.807) is 0 Å². The van der Waals surface area contributed by atoms with Crippen molar-refractivity contribution in [2.24, 2.45) is 0 Å². The van der Waals surface area contributed by atoms with Gasteiger partial charge in [0.25, 0.3) is 0 Å². The molecule has 0 unspecified atom stereocenters. The normalized spacial score (nSPS) is 10.8. The lowest BCUT2D eigenvalue weighted by Gasteiger charge is -2.08. The van der Waals surface area contributed by atoms with Crippen LogP contribution in [0, 0.1) is 29.1 Å². The minimum Gasteiger partial charge on any atom is -0.318 e. The molecule has 1 aromatic heterocycles. The van der Waals surface area contributed by atoms with Crippen LogP contribution in [0.3, 0.4) is 0 Å². The van der Waals surface area contributed by atoms with Crippen LogP contribution in [0.15, 0.2) is 18.5 Å². The molecule has 0 fully saturated rings. The Morgan fingerprint density at radius 1 is 0.947 bits per heavy atom. The van der Waals surface area contributed by atoms with Crippen LogP contribution in [-0.2, 0) is 0 Å². The summed E-state index contributed by atoms with van der Waals surface area (Å²) >= 11 is 0. The minimum atomic E-state index is -2.22. The average Bonchev–Trinajstić information content (AvgIpc) is 2.84. The number of halogens is 5. The van der Waals surface area contributed by atoms with Crippen LogP contribution in [0.25, 0.3) is 5.69 Å². The molecule has 0 saturated carbocycles. The first-order valence-electron chi connectivity index (χ1n) is 5.05. The molecule has 0 spiro atoms. The molecular formula is C12H6F5NO. The molecular weight excluding hydrogens is 269 g/mol. The highest BCUT2D eigenvalue weighted by molar-refractivity contribution is 5.93. The first-order valence-corrected chi connectivity index (χ1v) is 5.05. The summed E-state index contributed by atoms with van der Waals surface area (Å²) in [7, 11) is 0. The summed E-state index contributed by atoms with van der Waals surface area (Å²) in [5, 5.41) is 0. The number of hydrogen-bond acceptors (Lipinski definition) is 1. The minimum absolute atomic E-state index is 0.0870. The second-order valence-electron chi connectivity index (χ2n) is 3.78. The van der Waals surface area contributed by atoms with Gasteiger partial charge in [-0.3, -0.25) is 4.79 Å². The van der Waals surface area contributed by atoms with Crippen molar-refractivity contribution in [2.45, 2.75) is 6.92 Å². The van der Waals surface area contributed by atoms with Crippen LogP contribution < -0.4 is 0 Å². The van der Waals surface area contributed by atoms with Gasteiger partial charge in [0.1, 0.15) is 5.69 Å². The molecule has 100 valence electrons. The third kappa shape index (κ3) is 2.00. The third-order valence-corrected chi connectivity index (χ3v) is 2.54. The fraction of sp³-hybridized carbons (Fsp3) is 0.0833. The number of nitrogens with zero attached hydrogens (tertiary/aromatic N) is 1. The van der Waals surface area contributed by atoms with Crippen LogP contribution in [0.1, 0.15) is 17.3 Å². The number of aromatic nitrogens is 1. The van der Waals surface area contributed by atoms with Gasteiger partial charge in [0.05, 0.1) is 0 Å². The number of hydrogen-bond donors (Lipinski definition) is 0. The SMILES string of the molecule is CC(=O)c1ccn(-c2c(F)c(F)c(F)c(F)c2F)c1. The molecule has 0 amide bonds. The lowest BCUT2D eigenvalue weighted by molar-refractivity contribution is 0.101. The molecule has 0 aliphatic rings. The Bertz CT molecular complexity index is 648. The number of carbonyl (C=O) groups is 1.